The SMILES string of the molecule is CCCCCCOc1ccc(C2C(=C(O)c3nc4c(C)cccn4c3C)C(=O)C(=O)N2CCCN(CC)CC)cc1. The van der Waals surface area contributed by atoms with Crippen molar-refractivity contribution >= 4 is 23.1 Å². The van der Waals surface area contributed by atoms with Crippen molar-refractivity contribution < 1.29 is 19.4 Å². The molecule has 41 heavy (non-hydrogen) atoms. The van der Waals surface area contributed by atoms with Gasteiger partial charge in [0.25, 0.3) is 11.7 Å². The van der Waals surface area contributed by atoms with E-state index in [1.54, 1.807) is 4.90 Å². The van der Waals surface area contributed by atoms with Gasteiger partial charge in [-0.2, -0.15) is 0 Å². The summed E-state index contributed by atoms with van der Waals surface area (Å²) in [7, 11) is 0. The molecule has 8 heteroatoms. The Morgan fingerprint density at radius 3 is 2.39 bits per heavy atom. The third-order valence-corrected chi connectivity index (χ3v) is 8.08. The van der Waals surface area contributed by atoms with Gasteiger partial charge in [0.15, 0.2) is 5.76 Å². The van der Waals surface area contributed by atoms with Crippen molar-refractivity contribution in [2.45, 2.75) is 72.8 Å². The van der Waals surface area contributed by atoms with Crippen molar-refractivity contribution in [3.8, 4) is 5.75 Å². The van der Waals surface area contributed by atoms with Crippen LogP contribution in [0.2, 0.25) is 0 Å². The summed E-state index contributed by atoms with van der Waals surface area (Å²) in [4.78, 5) is 35.5. The molecule has 1 unspecified atom stereocenters. The molecule has 3 aromatic rings. The Balaban J connectivity index is 1.70. The largest absolute Gasteiger partial charge is 0.505 e. The lowest BCUT2D eigenvalue weighted by Crippen LogP contribution is -2.33. The van der Waals surface area contributed by atoms with E-state index in [4.69, 9.17) is 9.72 Å². The van der Waals surface area contributed by atoms with Gasteiger partial charge < -0.3 is 24.0 Å². The number of nitrogens with zero attached hydrogens (tertiary/aromatic N) is 4. The van der Waals surface area contributed by atoms with Crippen LogP contribution in [0.5, 0.6) is 5.75 Å². The van der Waals surface area contributed by atoms with Crippen LogP contribution in [-0.4, -0.2) is 68.8 Å². The number of fused-ring (bicyclic) bond motifs is 1. The minimum absolute atomic E-state index is 0.0789. The summed E-state index contributed by atoms with van der Waals surface area (Å²) in [5.41, 5.74) is 3.52. The molecule has 0 spiro atoms. The molecule has 1 fully saturated rings. The number of benzene rings is 1. The van der Waals surface area contributed by atoms with Gasteiger partial charge in [-0.1, -0.05) is 58.2 Å². The van der Waals surface area contributed by atoms with E-state index in [0.29, 0.717) is 30.2 Å². The lowest BCUT2D eigenvalue weighted by Gasteiger charge is -2.27. The van der Waals surface area contributed by atoms with Crippen LogP contribution in [0.1, 0.15) is 81.4 Å². The van der Waals surface area contributed by atoms with E-state index >= 15 is 0 Å². The van der Waals surface area contributed by atoms with Gasteiger partial charge in [0.2, 0.25) is 0 Å². The van der Waals surface area contributed by atoms with Crippen LogP contribution in [0.25, 0.3) is 11.4 Å². The van der Waals surface area contributed by atoms with E-state index < -0.39 is 17.7 Å². The van der Waals surface area contributed by atoms with E-state index in [1.807, 2.05) is 60.8 Å². The molecule has 1 atom stereocenters. The summed E-state index contributed by atoms with van der Waals surface area (Å²) in [6.45, 7) is 13.9. The second kappa shape index (κ2) is 13.8. The number of carbonyl (C=O) groups is 2. The van der Waals surface area contributed by atoms with Gasteiger partial charge in [0.1, 0.15) is 17.1 Å². The number of rotatable bonds is 14. The van der Waals surface area contributed by atoms with Crippen molar-refractivity contribution in [3.05, 3.63) is 70.7 Å². The lowest BCUT2D eigenvalue weighted by molar-refractivity contribution is -0.140. The van der Waals surface area contributed by atoms with Crippen molar-refractivity contribution in [2.24, 2.45) is 0 Å². The van der Waals surface area contributed by atoms with E-state index in [9.17, 15) is 14.7 Å². The van der Waals surface area contributed by atoms with Gasteiger partial charge in [-0.25, -0.2) is 4.98 Å². The number of carbonyl (C=O) groups excluding carboxylic acids is 2. The first-order valence-electron chi connectivity index (χ1n) is 15.0. The number of amides is 1. The smallest absolute Gasteiger partial charge is 0.295 e. The number of likely N-dealkylation sites (tertiary alicyclic amines) is 1. The van der Waals surface area contributed by atoms with E-state index in [-0.39, 0.29) is 11.3 Å². The minimum Gasteiger partial charge on any atom is -0.505 e. The first-order chi connectivity index (χ1) is 19.8. The highest BCUT2D eigenvalue weighted by molar-refractivity contribution is 6.46. The third-order valence-electron chi connectivity index (χ3n) is 8.08. The van der Waals surface area contributed by atoms with E-state index in [1.165, 1.54) is 12.8 Å². The minimum atomic E-state index is -0.712. The Morgan fingerprint density at radius 1 is 1.00 bits per heavy atom. The first-order valence-corrected chi connectivity index (χ1v) is 15.0. The van der Waals surface area contributed by atoms with Crippen molar-refractivity contribution in [3.63, 3.8) is 0 Å². The lowest BCUT2D eigenvalue weighted by atomic mass is 9.96. The number of pyridine rings is 1. The Labute approximate surface area is 243 Å². The summed E-state index contributed by atoms with van der Waals surface area (Å²) in [5, 5.41) is 11.6. The monoisotopic (exact) mass is 560 g/mol. The summed E-state index contributed by atoms with van der Waals surface area (Å²) in [6.07, 6.45) is 7.11. The third kappa shape index (κ3) is 6.48. The first kappa shape index (κ1) is 30.3. The molecule has 220 valence electrons. The fourth-order valence-electron chi connectivity index (χ4n) is 5.60. The Morgan fingerprint density at radius 2 is 1.73 bits per heavy atom. The fourth-order valence-corrected chi connectivity index (χ4v) is 5.60. The second-order valence-corrected chi connectivity index (χ2v) is 10.8. The van der Waals surface area contributed by atoms with Gasteiger partial charge >= 0.3 is 0 Å². The summed E-state index contributed by atoms with van der Waals surface area (Å²) >= 11 is 0. The average molecular weight is 561 g/mol. The van der Waals surface area contributed by atoms with E-state index in [0.717, 1.165) is 55.8 Å². The number of imidazole rings is 1. The molecule has 1 aromatic carbocycles. The molecular weight excluding hydrogens is 516 g/mol. The van der Waals surface area contributed by atoms with Crippen molar-refractivity contribution in [1.29, 1.82) is 0 Å². The molecular formula is C33H44N4O4. The maximum Gasteiger partial charge on any atom is 0.295 e. The Bertz CT molecular complexity index is 1390. The molecule has 0 radical (unpaired) electrons. The molecule has 4 rings (SSSR count). The number of hydrogen-bond acceptors (Lipinski definition) is 6. The molecule has 0 saturated carbocycles. The molecule has 1 saturated heterocycles. The molecule has 8 nitrogen and oxygen atoms in total. The zero-order valence-electron chi connectivity index (χ0n) is 25.2. The van der Waals surface area contributed by atoms with Crippen molar-refractivity contribution in [2.75, 3.05) is 32.8 Å². The molecule has 1 aliphatic heterocycles. The number of aromatic nitrogens is 2. The van der Waals surface area contributed by atoms with Crippen LogP contribution < -0.4 is 4.74 Å². The summed E-state index contributed by atoms with van der Waals surface area (Å²) in [5.74, 6) is -0.767. The predicted octanol–water partition coefficient (Wildman–Crippen LogP) is 6.06. The number of aliphatic hydroxyl groups is 1. The van der Waals surface area contributed by atoms with Crippen LogP contribution in [0.4, 0.5) is 0 Å². The number of aliphatic hydroxyl groups excluding tert-OH is 1. The fraction of sp³-hybridized carbons (Fsp3) is 0.485. The highest BCUT2D eigenvalue weighted by atomic mass is 16.5. The van der Waals surface area contributed by atoms with Gasteiger partial charge in [0, 0.05) is 12.7 Å². The van der Waals surface area contributed by atoms with Crippen LogP contribution in [-0.2, 0) is 9.59 Å². The van der Waals surface area contributed by atoms with Crippen molar-refractivity contribution in [1.82, 2.24) is 19.2 Å². The van der Waals surface area contributed by atoms with Crippen LogP contribution in [0, 0.1) is 13.8 Å². The average Bonchev–Trinajstić information content (AvgIpc) is 3.45. The maximum absolute atomic E-state index is 13.5. The summed E-state index contributed by atoms with van der Waals surface area (Å²) in [6, 6.07) is 10.7. The molecule has 1 amide bonds. The second-order valence-electron chi connectivity index (χ2n) is 10.8. The predicted molar refractivity (Wildman–Crippen MR) is 162 cm³/mol. The van der Waals surface area contributed by atoms with Crippen LogP contribution >= 0.6 is 0 Å². The number of aryl methyl sites for hydroxylation is 2. The molecule has 1 aliphatic rings. The van der Waals surface area contributed by atoms with Crippen LogP contribution in [0.3, 0.4) is 0 Å². The highest BCUT2D eigenvalue weighted by Crippen LogP contribution is 2.40. The number of unbranched alkanes of at least 4 members (excludes halogenated alkanes) is 3. The van der Waals surface area contributed by atoms with Gasteiger partial charge in [-0.15, -0.1) is 0 Å². The topological polar surface area (TPSA) is 87.4 Å². The number of ether oxygens (including phenoxy) is 1. The Kier molecular flexibility index (Phi) is 10.2. The summed E-state index contributed by atoms with van der Waals surface area (Å²) < 4.78 is 7.83. The molecule has 2 aromatic heterocycles. The molecule has 0 bridgehead atoms. The highest BCUT2D eigenvalue weighted by Gasteiger charge is 2.46. The standard InChI is InChI=1S/C33H44N4O4/c1-6-9-10-11-22-41-26-17-15-25(16-18-26)29-27(31(39)33(40)37(29)21-13-19-35(7-2)8-3)30(38)28-24(5)36-20-12-14-23(4)32(36)34-28/h12,14-18,20,29,38H,6-11,13,19,21-22H2,1-5H3. The number of Topliss-reactive ketones (excluding diaryl/α,β-unsaturated/α-hetero) is 1. The molecule has 3 heterocycles. The Hall–Kier alpha value is -3.65. The number of ketones is 1. The van der Waals surface area contributed by atoms with E-state index in [2.05, 4.69) is 25.7 Å². The molecule has 1 N–H and O–H groups in total. The van der Waals surface area contributed by atoms with Gasteiger partial charge in [-0.3, -0.25) is 9.59 Å². The van der Waals surface area contributed by atoms with Crippen LogP contribution in [0.15, 0.2) is 48.2 Å². The zero-order valence-corrected chi connectivity index (χ0v) is 25.2. The molecule has 0 aliphatic carbocycles. The number of hydrogen-bond donors (Lipinski definition) is 1. The maximum atomic E-state index is 13.5. The normalized spacial score (nSPS) is 16.8. The van der Waals surface area contributed by atoms with Gasteiger partial charge in [0.05, 0.1) is 23.9 Å². The van der Waals surface area contributed by atoms with Gasteiger partial charge in [-0.05, 0) is 75.6 Å². The quantitative estimate of drug-likeness (QED) is 0.112. The zero-order chi connectivity index (χ0) is 29.5.